The molecular weight excluding hydrogens is 516 g/mol. The molecule has 1 aliphatic heterocycles. The second-order valence-electron chi connectivity index (χ2n) is 7.61. The second-order valence-corrected chi connectivity index (χ2v) is 9.46. The second kappa shape index (κ2) is 10.7. The lowest BCUT2D eigenvalue weighted by Crippen LogP contribution is -2.36. The van der Waals surface area contributed by atoms with Gasteiger partial charge >= 0.3 is 0 Å². The van der Waals surface area contributed by atoms with Crippen LogP contribution in [0.2, 0.25) is 0 Å². The number of nitrogens with one attached hydrogen (secondary N) is 1. The van der Waals surface area contributed by atoms with Gasteiger partial charge in [0.05, 0.1) is 10.6 Å². The van der Waals surface area contributed by atoms with Gasteiger partial charge in [-0.15, -0.1) is 0 Å². The molecule has 0 spiro atoms. The molecule has 0 aliphatic carbocycles. The summed E-state index contributed by atoms with van der Waals surface area (Å²) in [5, 5.41) is 2.22. The van der Waals surface area contributed by atoms with Crippen molar-refractivity contribution in [1.82, 2.24) is 4.90 Å². The predicted octanol–water partition coefficient (Wildman–Crippen LogP) is 6.01. The summed E-state index contributed by atoms with van der Waals surface area (Å²) in [7, 11) is 0. The van der Waals surface area contributed by atoms with E-state index in [2.05, 4.69) is 21.2 Å². The first-order chi connectivity index (χ1) is 16.4. The highest BCUT2D eigenvalue weighted by atomic mass is 79.9. The Morgan fingerprint density at radius 1 is 1.06 bits per heavy atom. The molecule has 3 aromatic carbocycles. The quantitative estimate of drug-likeness (QED) is 0.374. The van der Waals surface area contributed by atoms with E-state index in [1.54, 1.807) is 24.3 Å². The van der Waals surface area contributed by atoms with E-state index in [1.807, 2.05) is 61.5 Å². The first kappa shape index (κ1) is 23.8. The molecule has 1 N–H and O–H groups in total. The molecule has 1 aliphatic rings. The van der Waals surface area contributed by atoms with Crippen LogP contribution in [0.3, 0.4) is 0 Å². The number of amides is 3. The van der Waals surface area contributed by atoms with Crippen molar-refractivity contribution in [3.8, 4) is 5.75 Å². The maximum Gasteiger partial charge on any atom is 0.294 e. The zero-order valence-electron chi connectivity index (χ0n) is 18.3. The van der Waals surface area contributed by atoms with Crippen LogP contribution in [0.1, 0.15) is 16.7 Å². The van der Waals surface area contributed by atoms with E-state index in [0.29, 0.717) is 28.1 Å². The van der Waals surface area contributed by atoms with E-state index in [0.717, 1.165) is 27.8 Å². The van der Waals surface area contributed by atoms with Crippen LogP contribution in [0, 0.1) is 6.92 Å². The van der Waals surface area contributed by atoms with Gasteiger partial charge in [0.2, 0.25) is 5.91 Å². The average molecular weight is 537 g/mol. The third kappa shape index (κ3) is 5.76. The number of hydrogen-bond donors (Lipinski definition) is 1. The Bertz CT molecular complexity index is 1290. The summed E-state index contributed by atoms with van der Waals surface area (Å²) in [6, 6.07) is 22.5. The Morgan fingerprint density at radius 2 is 1.82 bits per heavy atom. The number of nitrogens with zero attached hydrogens (tertiary/aromatic N) is 1. The van der Waals surface area contributed by atoms with Crippen LogP contribution in [-0.2, 0) is 16.2 Å². The summed E-state index contributed by atoms with van der Waals surface area (Å²) >= 11 is 4.17. The molecule has 1 fully saturated rings. The highest BCUT2D eigenvalue weighted by molar-refractivity contribution is 9.10. The largest absolute Gasteiger partial charge is 0.488 e. The minimum atomic E-state index is -0.509. The lowest BCUT2D eigenvalue weighted by Gasteiger charge is -2.13. The Kier molecular flexibility index (Phi) is 7.49. The van der Waals surface area contributed by atoms with Gasteiger partial charge in [-0.2, -0.15) is 0 Å². The maximum absolute atomic E-state index is 12.9. The molecule has 0 atom stereocenters. The molecule has 0 unspecified atom stereocenters. The van der Waals surface area contributed by atoms with Crippen LogP contribution in [0.4, 0.5) is 10.5 Å². The maximum atomic E-state index is 12.9. The molecule has 1 heterocycles. The summed E-state index contributed by atoms with van der Waals surface area (Å²) in [6.07, 6.45) is 1.63. The molecule has 6 nitrogen and oxygen atoms in total. The topological polar surface area (TPSA) is 75.7 Å². The van der Waals surface area contributed by atoms with Gasteiger partial charge in [0.15, 0.2) is 0 Å². The molecule has 3 amide bonds. The zero-order chi connectivity index (χ0) is 24.1. The fourth-order valence-electron chi connectivity index (χ4n) is 3.37. The molecule has 0 radical (unpaired) electrons. The molecule has 172 valence electrons. The molecule has 0 aromatic heterocycles. The predicted molar refractivity (Wildman–Crippen MR) is 137 cm³/mol. The van der Waals surface area contributed by atoms with Gasteiger partial charge in [-0.3, -0.25) is 19.3 Å². The normalized spacial score (nSPS) is 14.5. The van der Waals surface area contributed by atoms with E-state index >= 15 is 0 Å². The Hall–Kier alpha value is -3.36. The number of benzene rings is 3. The van der Waals surface area contributed by atoms with Crippen molar-refractivity contribution in [1.29, 1.82) is 0 Å². The summed E-state index contributed by atoms with van der Waals surface area (Å²) in [5.41, 5.74) is 3.42. The van der Waals surface area contributed by atoms with E-state index in [9.17, 15) is 14.4 Å². The lowest BCUT2D eigenvalue weighted by molar-refractivity contribution is -0.127. The number of imide groups is 1. The van der Waals surface area contributed by atoms with Crippen molar-refractivity contribution in [3.05, 3.63) is 98.9 Å². The molecule has 3 aromatic rings. The SMILES string of the molecule is Cc1cccc(COc2ccccc2/C=C2/SC(=O)N(CC(=O)Nc3ccccc3Br)C2=O)c1. The van der Waals surface area contributed by atoms with E-state index in [1.165, 1.54) is 0 Å². The zero-order valence-corrected chi connectivity index (χ0v) is 20.7. The Balaban J connectivity index is 1.46. The first-order valence-corrected chi connectivity index (χ1v) is 12.1. The van der Waals surface area contributed by atoms with Crippen molar-refractivity contribution in [3.63, 3.8) is 0 Å². The van der Waals surface area contributed by atoms with Crippen molar-refractivity contribution < 1.29 is 19.1 Å². The lowest BCUT2D eigenvalue weighted by atomic mass is 10.1. The smallest absolute Gasteiger partial charge is 0.294 e. The van der Waals surface area contributed by atoms with Gasteiger partial charge in [-0.25, -0.2) is 0 Å². The van der Waals surface area contributed by atoms with Gasteiger partial charge < -0.3 is 10.1 Å². The summed E-state index contributed by atoms with van der Waals surface area (Å²) in [6.45, 7) is 2.03. The number of para-hydroxylation sites is 2. The molecule has 8 heteroatoms. The van der Waals surface area contributed by atoms with Gasteiger partial charge in [-0.05, 0) is 64.5 Å². The summed E-state index contributed by atoms with van der Waals surface area (Å²) < 4.78 is 6.70. The van der Waals surface area contributed by atoms with Gasteiger partial charge in [0.1, 0.15) is 18.9 Å². The highest BCUT2D eigenvalue weighted by Crippen LogP contribution is 2.34. The van der Waals surface area contributed by atoms with Crippen molar-refractivity contribution >= 4 is 56.5 Å². The number of ether oxygens (including phenoxy) is 1. The summed E-state index contributed by atoms with van der Waals surface area (Å²) in [5.74, 6) is -0.370. The van der Waals surface area contributed by atoms with Crippen LogP contribution in [-0.4, -0.2) is 28.5 Å². The summed E-state index contributed by atoms with van der Waals surface area (Å²) in [4.78, 5) is 39.0. The van der Waals surface area contributed by atoms with Gasteiger partial charge in [-0.1, -0.05) is 60.2 Å². The van der Waals surface area contributed by atoms with Crippen molar-refractivity contribution in [2.75, 3.05) is 11.9 Å². The Morgan fingerprint density at radius 3 is 2.62 bits per heavy atom. The van der Waals surface area contributed by atoms with E-state index in [-0.39, 0.29) is 11.4 Å². The number of aryl methyl sites for hydroxylation is 1. The van der Waals surface area contributed by atoms with Crippen LogP contribution in [0.15, 0.2) is 82.2 Å². The monoisotopic (exact) mass is 536 g/mol. The van der Waals surface area contributed by atoms with Gasteiger partial charge in [0, 0.05) is 10.0 Å². The number of anilines is 1. The van der Waals surface area contributed by atoms with Crippen LogP contribution < -0.4 is 10.1 Å². The van der Waals surface area contributed by atoms with Crippen molar-refractivity contribution in [2.24, 2.45) is 0 Å². The average Bonchev–Trinajstić information content (AvgIpc) is 3.07. The van der Waals surface area contributed by atoms with E-state index in [4.69, 9.17) is 4.74 Å². The number of thioether (sulfide) groups is 1. The molecule has 4 rings (SSSR count). The standard InChI is InChI=1S/C26H21BrN2O4S/c1-17-7-6-8-18(13-17)16-33-22-12-5-2-9-19(22)14-23-25(31)29(26(32)34-23)15-24(30)28-21-11-4-3-10-20(21)27/h2-14H,15-16H2,1H3,(H,28,30)/b23-14+. The fourth-order valence-corrected chi connectivity index (χ4v) is 4.58. The molecule has 0 saturated carbocycles. The molecule has 34 heavy (non-hydrogen) atoms. The van der Waals surface area contributed by atoms with E-state index < -0.39 is 17.1 Å². The number of hydrogen-bond acceptors (Lipinski definition) is 5. The third-order valence-corrected chi connectivity index (χ3v) is 6.60. The minimum Gasteiger partial charge on any atom is -0.488 e. The first-order valence-electron chi connectivity index (χ1n) is 10.5. The number of carbonyl (C=O) groups excluding carboxylic acids is 3. The van der Waals surface area contributed by atoms with Crippen LogP contribution >= 0.6 is 27.7 Å². The van der Waals surface area contributed by atoms with Crippen molar-refractivity contribution in [2.45, 2.75) is 13.5 Å². The minimum absolute atomic E-state index is 0.241. The number of carbonyl (C=O) groups is 3. The van der Waals surface area contributed by atoms with Crippen LogP contribution in [0.25, 0.3) is 6.08 Å². The molecule has 0 bridgehead atoms. The highest BCUT2D eigenvalue weighted by Gasteiger charge is 2.36. The third-order valence-electron chi connectivity index (χ3n) is 5.01. The number of rotatable bonds is 7. The molecular formula is C26H21BrN2O4S. The molecule has 1 saturated heterocycles. The van der Waals surface area contributed by atoms with Gasteiger partial charge in [0.25, 0.3) is 11.1 Å². The van der Waals surface area contributed by atoms with Crippen LogP contribution in [0.5, 0.6) is 5.75 Å². The Labute approximate surface area is 210 Å². The fraction of sp³-hybridized carbons (Fsp3) is 0.115. The number of halogens is 1.